The molecular formula is C19H27ClN2O3. The maximum atomic E-state index is 12.1. The van der Waals surface area contributed by atoms with Crippen molar-refractivity contribution in [1.29, 1.82) is 0 Å². The van der Waals surface area contributed by atoms with Crippen molar-refractivity contribution in [3.8, 4) is 5.75 Å². The van der Waals surface area contributed by atoms with Crippen LogP contribution in [-0.4, -0.2) is 36.9 Å². The van der Waals surface area contributed by atoms with Crippen LogP contribution in [0.3, 0.4) is 0 Å². The topological polar surface area (TPSA) is 67.4 Å². The zero-order valence-corrected chi connectivity index (χ0v) is 15.4. The summed E-state index contributed by atoms with van der Waals surface area (Å²) in [6.45, 7) is 0. The van der Waals surface area contributed by atoms with E-state index < -0.39 is 0 Å². The van der Waals surface area contributed by atoms with Crippen molar-refractivity contribution in [3.63, 3.8) is 0 Å². The summed E-state index contributed by atoms with van der Waals surface area (Å²) in [6.07, 6.45) is 5.94. The largest absolute Gasteiger partial charge is 0.497 e. The Balaban J connectivity index is 0.00000225. The summed E-state index contributed by atoms with van der Waals surface area (Å²) in [6, 6.07) is 8.55. The number of nitrogens with one attached hydrogen (secondary N) is 2. The molecular weight excluding hydrogens is 340 g/mol. The molecule has 0 spiro atoms. The van der Waals surface area contributed by atoms with E-state index >= 15 is 0 Å². The van der Waals surface area contributed by atoms with Gasteiger partial charge in [0, 0.05) is 36.5 Å². The van der Waals surface area contributed by atoms with Crippen LogP contribution in [-0.2, 0) is 4.79 Å². The lowest BCUT2D eigenvalue weighted by molar-refractivity contribution is -0.122. The maximum Gasteiger partial charge on any atom is 0.220 e. The van der Waals surface area contributed by atoms with Crippen LogP contribution in [0.5, 0.6) is 5.75 Å². The molecule has 2 fully saturated rings. The molecule has 0 radical (unpaired) electrons. The Bertz CT molecular complexity index is 579. The lowest BCUT2D eigenvalue weighted by atomic mass is 9.99. The van der Waals surface area contributed by atoms with Gasteiger partial charge in [-0.05, 0) is 56.4 Å². The Morgan fingerprint density at radius 3 is 2.36 bits per heavy atom. The third kappa shape index (κ3) is 5.44. The first-order valence-electron chi connectivity index (χ1n) is 8.86. The number of hydrogen-bond acceptors (Lipinski definition) is 4. The van der Waals surface area contributed by atoms with Crippen molar-refractivity contribution in [1.82, 2.24) is 10.6 Å². The number of Topliss-reactive ketones (excluding diaryl/α,β-unsaturated/α-hetero) is 1. The molecule has 2 saturated heterocycles. The van der Waals surface area contributed by atoms with Crippen molar-refractivity contribution in [2.45, 2.75) is 63.1 Å². The second kappa shape index (κ2) is 9.20. The number of amides is 1. The molecule has 2 heterocycles. The van der Waals surface area contributed by atoms with Gasteiger partial charge in [-0.3, -0.25) is 9.59 Å². The predicted octanol–water partition coefficient (Wildman–Crippen LogP) is 2.87. The molecule has 25 heavy (non-hydrogen) atoms. The van der Waals surface area contributed by atoms with Gasteiger partial charge >= 0.3 is 0 Å². The normalized spacial score (nSPS) is 24.3. The smallest absolute Gasteiger partial charge is 0.220 e. The number of ether oxygens (including phenoxy) is 1. The summed E-state index contributed by atoms with van der Waals surface area (Å²) in [5, 5.41) is 6.71. The molecule has 0 aliphatic carbocycles. The number of fused-ring (bicyclic) bond motifs is 2. The van der Waals surface area contributed by atoms with E-state index in [-0.39, 0.29) is 24.1 Å². The molecule has 138 valence electrons. The van der Waals surface area contributed by atoms with Gasteiger partial charge in [-0.15, -0.1) is 12.4 Å². The number of piperidine rings is 1. The number of halogens is 1. The van der Waals surface area contributed by atoms with Crippen molar-refractivity contribution in [3.05, 3.63) is 29.8 Å². The van der Waals surface area contributed by atoms with E-state index in [0.29, 0.717) is 43.0 Å². The monoisotopic (exact) mass is 366 g/mol. The fraction of sp³-hybridized carbons (Fsp3) is 0.579. The first kappa shape index (κ1) is 19.7. The average Bonchev–Trinajstić information content (AvgIpc) is 2.93. The SMILES string of the molecule is COc1ccc(C(=O)CCCC(=O)NC2CC3CCC(C2)N3)cc1.Cl. The van der Waals surface area contributed by atoms with Gasteiger partial charge in [-0.25, -0.2) is 0 Å². The molecule has 2 bridgehead atoms. The zero-order valence-electron chi connectivity index (χ0n) is 14.6. The van der Waals surface area contributed by atoms with Crippen LogP contribution in [0.4, 0.5) is 0 Å². The molecule has 2 atom stereocenters. The highest BCUT2D eigenvalue weighted by molar-refractivity contribution is 5.96. The minimum absolute atomic E-state index is 0. The summed E-state index contributed by atoms with van der Waals surface area (Å²) < 4.78 is 5.08. The Hall–Kier alpha value is -1.59. The molecule has 1 aromatic rings. The number of hydrogen-bond donors (Lipinski definition) is 2. The van der Waals surface area contributed by atoms with Gasteiger partial charge in [-0.2, -0.15) is 0 Å². The Morgan fingerprint density at radius 2 is 1.76 bits per heavy atom. The molecule has 3 rings (SSSR count). The van der Waals surface area contributed by atoms with E-state index in [1.807, 2.05) is 0 Å². The van der Waals surface area contributed by atoms with Gasteiger partial charge in [0.05, 0.1) is 7.11 Å². The van der Waals surface area contributed by atoms with Gasteiger partial charge in [0.25, 0.3) is 0 Å². The summed E-state index contributed by atoms with van der Waals surface area (Å²) in [5.41, 5.74) is 0.672. The highest BCUT2D eigenvalue weighted by Crippen LogP contribution is 2.26. The van der Waals surface area contributed by atoms with E-state index in [1.54, 1.807) is 31.4 Å². The van der Waals surface area contributed by atoms with Gasteiger partial charge in [0.2, 0.25) is 5.91 Å². The van der Waals surface area contributed by atoms with Crippen molar-refractivity contribution in [2.75, 3.05) is 7.11 Å². The number of benzene rings is 1. The molecule has 2 unspecified atom stereocenters. The number of carbonyl (C=O) groups is 2. The average molecular weight is 367 g/mol. The first-order chi connectivity index (χ1) is 11.6. The van der Waals surface area contributed by atoms with Crippen LogP contribution in [0, 0.1) is 0 Å². The fourth-order valence-electron chi connectivity index (χ4n) is 3.81. The van der Waals surface area contributed by atoms with Gasteiger partial charge in [0.1, 0.15) is 5.75 Å². The number of carbonyl (C=O) groups excluding carboxylic acids is 2. The maximum absolute atomic E-state index is 12.1. The highest BCUT2D eigenvalue weighted by atomic mass is 35.5. The Labute approximate surface area is 155 Å². The van der Waals surface area contributed by atoms with E-state index in [4.69, 9.17) is 4.74 Å². The molecule has 2 aliphatic rings. The quantitative estimate of drug-likeness (QED) is 0.728. The van der Waals surface area contributed by atoms with Gasteiger partial charge in [0.15, 0.2) is 5.78 Å². The van der Waals surface area contributed by atoms with Gasteiger partial charge < -0.3 is 15.4 Å². The number of rotatable bonds is 7. The van der Waals surface area contributed by atoms with Crippen LogP contribution >= 0.6 is 12.4 Å². The van der Waals surface area contributed by atoms with Crippen LogP contribution in [0.15, 0.2) is 24.3 Å². The molecule has 6 heteroatoms. The molecule has 1 aromatic carbocycles. The van der Waals surface area contributed by atoms with Crippen LogP contribution in [0.25, 0.3) is 0 Å². The third-order valence-electron chi connectivity index (χ3n) is 5.06. The summed E-state index contributed by atoms with van der Waals surface area (Å²) in [7, 11) is 1.60. The minimum Gasteiger partial charge on any atom is -0.497 e. The van der Waals surface area contributed by atoms with Crippen molar-refractivity contribution >= 4 is 24.1 Å². The van der Waals surface area contributed by atoms with E-state index in [9.17, 15) is 9.59 Å². The second-order valence-corrected chi connectivity index (χ2v) is 6.88. The van der Waals surface area contributed by atoms with Gasteiger partial charge in [-0.1, -0.05) is 0 Å². The lowest BCUT2D eigenvalue weighted by Crippen LogP contribution is -2.48. The van der Waals surface area contributed by atoms with E-state index in [1.165, 1.54) is 12.8 Å². The van der Waals surface area contributed by atoms with Crippen molar-refractivity contribution < 1.29 is 14.3 Å². The molecule has 2 aliphatic heterocycles. The fourth-order valence-corrected chi connectivity index (χ4v) is 3.81. The molecule has 0 saturated carbocycles. The zero-order chi connectivity index (χ0) is 16.9. The third-order valence-corrected chi connectivity index (χ3v) is 5.06. The molecule has 1 amide bonds. The van der Waals surface area contributed by atoms with Crippen molar-refractivity contribution in [2.24, 2.45) is 0 Å². The second-order valence-electron chi connectivity index (χ2n) is 6.88. The minimum atomic E-state index is 0. The Kier molecular flexibility index (Phi) is 7.26. The van der Waals surface area contributed by atoms with Crippen LogP contribution in [0.2, 0.25) is 0 Å². The van der Waals surface area contributed by atoms with E-state index in [2.05, 4.69) is 10.6 Å². The predicted molar refractivity (Wildman–Crippen MR) is 99.5 cm³/mol. The molecule has 2 N–H and O–H groups in total. The Morgan fingerprint density at radius 1 is 1.12 bits per heavy atom. The molecule has 5 nitrogen and oxygen atoms in total. The molecule has 0 aromatic heterocycles. The van der Waals surface area contributed by atoms with Crippen LogP contribution in [0.1, 0.15) is 55.3 Å². The number of ketones is 1. The summed E-state index contributed by atoms with van der Waals surface area (Å²) in [5.74, 6) is 0.885. The lowest BCUT2D eigenvalue weighted by Gasteiger charge is -2.29. The van der Waals surface area contributed by atoms with Crippen LogP contribution < -0.4 is 15.4 Å². The number of methoxy groups -OCH3 is 1. The highest BCUT2D eigenvalue weighted by Gasteiger charge is 2.33. The van der Waals surface area contributed by atoms with E-state index in [0.717, 1.165) is 18.6 Å². The standard InChI is InChI=1S/C19H26N2O3.ClH/c1-24-17-9-5-13(6-10-17)18(22)3-2-4-19(23)21-16-11-14-7-8-15(12-16)20-14;/h5-6,9-10,14-16,20H,2-4,7-8,11-12H2,1H3,(H,21,23);1H. The first-order valence-corrected chi connectivity index (χ1v) is 8.86. The summed E-state index contributed by atoms with van der Waals surface area (Å²) >= 11 is 0. The summed E-state index contributed by atoms with van der Waals surface area (Å²) in [4.78, 5) is 24.2.